The highest BCUT2D eigenvalue weighted by molar-refractivity contribution is 5.69. The molecule has 1 aliphatic heterocycles. The minimum Gasteiger partial charge on any atom is -0.444 e. The number of methoxy groups -OCH3 is 1. The highest BCUT2D eigenvalue weighted by Gasteiger charge is 2.37. The summed E-state index contributed by atoms with van der Waals surface area (Å²) in [7, 11) is 1.61. The van der Waals surface area contributed by atoms with Crippen LogP contribution in [0.2, 0.25) is 0 Å². The second kappa shape index (κ2) is 5.01. The maximum atomic E-state index is 11.8. The average molecular weight is 231 g/mol. The van der Waals surface area contributed by atoms with Gasteiger partial charge in [-0.1, -0.05) is 0 Å². The predicted molar refractivity (Wildman–Crippen MR) is 59.2 cm³/mol. The predicted octanol–water partition coefficient (Wildman–Crippen LogP) is 1.00. The fraction of sp³-hybridized carbons (Fsp3) is 0.909. The molecule has 1 fully saturated rings. The van der Waals surface area contributed by atoms with E-state index in [4.69, 9.17) is 9.47 Å². The molecule has 2 atom stereocenters. The zero-order valence-electron chi connectivity index (χ0n) is 10.4. The Morgan fingerprint density at radius 3 is 2.56 bits per heavy atom. The standard InChI is InChI=1S/C11H21NO4/c1-11(2,3)16-10(14)12-6-9(15-4)5-8(12)7-13/h8-9,13H,5-7H2,1-4H3/t8-,9+/m0/s1. The lowest BCUT2D eigenvalue weighted by Crippen LogP contribution is -2.41. The zero-order chi connectivity index (χ0) is 12.3. The Morgan fingerprint density at radius 2 is 2.12 bits per heavy atom. The first kappa shape index (κ1) is 13.3. The van der Waals surface area contributed by atoms with Crippen LogP contribution in [-0.2, 0) is 9.47 Å². The highest BCUT2D eigenvalue weighted by atomic mass is 16.6. The minimum atomic E-state index is -0.512. The van der Waals surface area contributed by atoms with Gasteiger partial charge < -0.3 is 19.5 Å². The average Bonchev–Trinajstić information content (AvgIpc) is 2.58. The van der Waals surface area contributed by atoms with Gasteiger partial charge in [0, 0.05) is 7.11 Å². The molecule has 5 nitrogen and oxygen atoms in total. The SMILES string of the molecule is CO[C@@H]1C[C@@H](CO)N(C(=O)OC(C)(C)C)C1. The Hall–Kier alpha value is -0.810. The molecule has 1 aliphatic rings. The molecule has 1 heterocycles. The molecule has 1 N–H and O–H groups in total. The molecule has 1 saturated heterocycles. The lowest BCUT2D eigenvalue weighted by molar-refractivity contribution is 0.0154. The molecular weight excluding hydrogens is 210 g/mol. The van der Waals surface area contributed by atoms with Crippen molar-refractivity contribution in [2.24, 2.45) is 0 Å². The molecule has 0 saturated carbocycles. The fourth-order valence-electron chi connectivity index (χ4n) is 1.76. The van der Waals surface area contributed by atoms with Crippen LogP contribution in [0.3, 0.4) is 0 Å². The van der Waals surface area contributed by atoms with E-state index in [9.17, 15) is 9.90 Å². The molecule has 0 aromatic carbocycles. The third kappa shape index (κ3) is 3.35. The van der Waals surface area contributed by atoms with Crippen molar-refractivity contribution >= 4 is 6.09 Å². The van der Waals surface area contributed by atoms with Crippen LogP contribution in [-0.4, -0.2) is 54.1 Å². The van der Waals surface area contributed by atoms with Crippen LogP contribution in [0.15, 0.2) is 0 Å². The van der Waals surface area contributed by atoms with Crippen LogP contribution in [0, 0.1) is 0 Å². The third-order valence-corrected chi connectivity index (χ3v) is 2.55. The Labute approximate surface area is 96.3 Å². The van der Waals surface area contributed by atoms with Gasteiger partial charge in [0.25, 0.3) is 0 Å². The number of rotatable bonds is 2. The summed E-state index contributed by atoms with van der Waals surface area (Å²) in [6.07, 6.45) is 0.266. The smallest absolute Gasteiger partial charge is 0.410 e. The van der Waals surface area contributed by atoms with E-state index < -0.39 is 5.60 Å². The molecule has 0 aliphatic carbocycles. The van der Waals surface area contributed by atoms with Crippen LogP contribution in [0.25, 0.3) is 0 Å². The maximum absolute atomic E-state index is 11.8. The molecule has 0 unspecified atom stereocenters. The Kier molecular flexibility index (Phi) is 4.15. The van der Waals surface area contributed by atoms with Gasteiger partial charge in [0.2, 0.25) is 0 Å². The number of carbonyl (C=O) groups is 1. The second-order valence-electron chi connectivity index (χ2n) is 5.06. The number of ether oxygens (including phenoxy) is 2. The summed E-state index contributed by atoms with van der Waals surface area (Å²) in [6.45, 7) is 5.89. The van der Waals surface area contributed by atoms with E-state index >= 15 is 0 Å². The molecule has 94 valence electrons. The molecule has 1 amide bonds. The van der Waals surface area contributed by atoms with Gasteiger partial charge in [0.1, 0.15) is 5.60 Å². The number of carbonyl (C=O) groups excluding carboxylic acids is 1. The number of hydrogen-bond acceptors (Lipinski definition) is 4. The van der Waals surface area contributed by atoms with Crippen molar-refractivity contribution in [1.29, 1.82) is 0 Å². The molecule has 0 radical (unpaired) electrons. The van der Waals surface area contributed by atoms with E-state index in [0.29, 0.717) is 13.0 Å². The van der Waals surface area contributed by atoms with Crippen molar-refractivity contribution in [2.45, 2.75) is 44.9 Å². The van der Waals surface area contributed by atoms with Crippen LogP contribution in [0.4, 0.5) is 4.79 Å². The quantitative estimate of drug-likeness (QED) is 0.770. The molecule has 0 bridgehead atoms. The zero-order valence-corrected chi connectivity index (χ0v) is 10.4. The summed E-state index contributed by atoms with van der Waals surface area (Å²) in [6, 6.07) is -0.195. The lowest BCUT2D eigenvalue weighted by Gasteiger charge is -2.27. The van der Waals surface area contributed by atoms with Crippen molar-refractivity contribution in [3.05, 3.63) is 0 Å². The summed E-state index contributed by atoms with van der Waals surface area (Å²) >= 11 is 0. The number of amides is 1. The molecule has 0 spiro atoms. The first-order valence-corrected chi connectivity index (χ1v) is 5.50. The first-order valence-electron chi connectivity index (χ1n) is 5.50. The Balaban J connectivity index is 2.61. The van der Waals surface area contributed by atoms with E-state index in [-0.39, 0.29) is 24.8 Å². The summed E-state index contributed by atoms with van der Waals surface area (Å²) in [4.78, 5) is 13.4. The second-order valence-corrected chi connectivity index (χ2v) is 5.06. The van der Waals surface area contributed by atoms with Gasteiger partial charge in [0.05, 0.1) is 25.3 Å². The van der Waals surface area contributed by atoms with E-state index in [1.807, 2.05) is 20.8 Å². The van der Waals surface area contributed by atoms with Crippen LogP contribution in [0.5, 0.6) is 0 Å². The van der Waals surface area contributed by atoms with Crippen molar-refractivity contribution in [3.8, 4) is 0 Å². The van der Waals surface area contributed by atoms with Gasteiger partial charge in [-0.2, -0.15) is 0 Å². The van der Waals surface area contributed by atoms with Gasteiger partial charge in [-0.25, -0.2) is 4.79 Å². The number of hydrogen-bond donors (Lipinski definition) is 1. The Morgan fingerprint density at radius 1 is 1.50 bits per heavy atom. The van der Waals surface area contributed by atoms with Crippen LogP contribution < -0.4 is 0 Å². The highest BCUT2D eigenvalue weighted by Crippen LogP contribution is 2.22. The van der Waals surface area contributed by atoms with Crippen molar-refractivity contribution in [3.63, 3.8) is 0 Å². The monoisotopic (exact) mass is 231 g/mol. The molecule has 5 heteroatoms. The van der Waals surface area contributed by atoms with E-state index in [2.05, 4.69) is 0 Å². The van der Waals surface area contributed by atoms with Crippen LogP contribution >= 0.6 is 0 Å². The van der Waals surface area contributed by atoms with Gasteiger partial charge in [-0.3, -0.25) is 0 Å². The Bertz CT molecular complexity index is 249. The summed E-state index contributed by atoms with van der Waals surface area (Å²) < 4.78 is 10.5. The maximum Gasteiger partial charge on any atom is 0.410 e. The minimum absolute atomic E-state index is 0.00957. The van der Waals surface area contributed by atoms with Gasteiger partial charge in [0.15, 0.2) is 0 Å². The molecule has 16 heavy (non-hydrogen) atoms. The first-order chi connectivity index (χ1) is 7.37. The molecule has 1 rings (SSSR count). The number of nitrogens with zero attached hydrogens (tertiary/aromatic N) is 1. The summed E-state index contributed by atoms with van der Waals surface area (Å²) in [5.41, 5.74) is -0.512. The normalized spacial score (nSPS) is 25.9. The van der Waals surface area contributed by atoms with Crippen molar-refractivity contribution < 1.29 is 19.4 Å². The van der Waals surface area contributed by atoms with E-state index in [1.54, 1.807) is 12.0 Å². The van der Waals surface area contributed by atoms with Gasteiger partial charge in [-0.05, 0) is 27.2 Å². The largest absolute Gasteiger partial charge is 0.444 e. The van der Waals surface area contributed by atoms with Crippen molar-refractivity contribution in [1.82, 2.24) is 4.90 Å². The molecule has 0 aromatic heterocycles. The fourth-order valence-corrected chi connectivity index (χ4v) is 1.76. The number of aliphatic hydroxyl groups is 1. The van der Waals surface area contributed by atoms with Crippen LogP contribution in [0.1, 0.15) is 27.2 Å². The topological polar surface area (TPSA) is 59.0 Å². The summed E-state index contributed by atoms with van der Waals surface area (Å²) in [5, 5.41) is 9.19. The van der Waals surface area contributed by atoms with Crippen molar-refractivity contribution in [2.75, 3.05) is 20.3 Å². The molecule has 0 aromatic rings. The third-order valence-electron chi connectivity index (χ3n) is 2.55. The number of likely N-dealkylation sites (tertiary alicyclic amines) is 1. The van der Waals surface area contributed by atoms with E-state index in [1.165, 1.54) is 0 Å². The molecular formula is C11H21NO4. The van der Waals surface area contributed by atoms with Gasteiger partial charge in [-0.15, -0.1) is 0 Å². The summed E-state index contributed by atoms with van der Waals surface area (Å²) in [5.74, 6) is 0. The lowest BCUT2D eigenvalue weighted by atomic mass is 10.2. The van der Waals surface area contributed by atoms with E-state index in [0.717, 1.165) is 0 Å². The number of aliphatic hydroxyl groups excluding tert-OH is 1. The van der Waals surface area contributed by atoms with Gasteiger partial charge >= 0.3 is 6.09 Å².